The molecule has 0 aliphatic carbocycles. The van der Waals surface area contributed by atoms with E-state index in [1.807, 2.05) is 30.2 Å². The van der Waals surface area contributed by atoms with Crippen molar-refractivity contribution >= 4 is 21.9 Å². The topological polar surface area (TPSA) is 42.1 Å². The smallest absolute Gasteiger partial charge is 0.310 e. The quantitative estimate of drug-likeness (QED) is 0.585. The average molecular weight is 288 g/mol. The number of nitrogens with zero attached hydrogens (tertiary/aromatic N) is 1. The van der Waals surface area contributed by atoms with Crippen LogP contribution in [0, 0.1) is 5.92 Å². The summed E-state index contributed by atoms with van der Waals surface area (Å²) >= 11 is 3.42. The van der Waals surface area contributed by atoms with Gasteiger partial charge in [-0.25, -0.2) is 0 Å². The van der Waals surface area contributed by atoms with Gasteiger partial charge in [0.2, 0.25) is 0 Å². The second-order valence-electron chi connectivity index (χ2n) is 4.06. The number of carbonyl (C=O) groups is 1. The molecule has 0 aromatic carbocycles. The van der Waals surface area contributed by atoms with Crippen molar-refractivity contribution in [2.24, 2.45) is 5.92 Å². The molecule has 0 bridgehead atoms. The van der Waals surface area contributed by atoms with Crippen molar-refractivity contribution in [3.8, 4) is 0 Å². The molecular weight excluding hydrogens is 274 g/mol. The van der Waals surface area contributed by atoms with Gasteiger partial charge in [0.15, 0.2) is 5.72 Å². The van der Waals surface area contributed by atoms with Crippen LogP contribution in [0.4, 0.5) is 0 Å². The molecule has 2 rings (SSSR count). The fraction of sp³-hybridized carbons (Fsp3) is 0.545. The Morgan fingerprint density at radius 1 is 1.81 bits per heavy atom. The summed E-state index contributed by atoms with van der Waals surface area (Å²) < 4.78 is 11.2. The van der Waals surface area contributed by atoms with E-state index >= 15 is 0 Å². The van der Waals surface area contributed by atoms with Gasteiger partial charge in [-0.3, -0.25) is 4.79 Å². The SMILES string of the molecule is COC(=O)C(C)CN1C=CC(Br)=CC12CO2. The summed E-state index contributed by atoms with van der Waals surface area (Å²) in [6, 6.07) is 0. The number of hydrogen-bond acceptors (Lipinski definition) is 4. The molecular formula is C11H14BrNO3. The molecule has 0 N–H and O–H groups in total. The normalized spacial score (nSPS) is 28.9. The third-order valence-corrected chi connectivity index (χ3v) is 3.27. The summed E-state index contributed by atoms with van der Waals surface area (Å²) in [7, 11) is 1.41. The number of allylic oxidation sites excluding steroid dienone is 2. The highest BCUT2D eigenvalue weighted by Crippen LogP contribution is 2.38. The van der Waals surface area contributed by atoms with Crippen molar-refractivity contribution in [2.75, 3.05) is 20.3 Å². The van der Waals surface area contributed by atoms with Crippen LogP contribution in [-0.2, 0) is 14.3 Å². The number of epoxide rings is 1. The molecule has 5 heteroatoms. The number of esters is 1. The molecule has 2 aliphatic heterocycles. The minimum Gasteiger partial charge on any atom is -0.469 e. The molecule has 0 saturated carbocycles. The summed E-state index contributed by atoms with van der Waals surface area (Å²) in [5.41, 5.74) is -0.337. The second kappa shape index (κ2) is 4.22. The van der Waals surface area contributed by atoms with Crippen LogP contribution in [0.5, 0.6) is 0 Å². The molecule has 1 spiro atoms. The van der Waals surface area contributed by atoms with Gasteiger partial charge < -0.3 is 14.4 Å². The fourth-order valence-corrected chi connectivity index (χ4v) is 2.22. The number of rotatable bonds is 3. The van der Waals surface area contributed by atoms with Crippen LogP contribution in [-0.4, -0.2) is 36.9 Å². The number of ether oxygens (including phenoxy) is 2. The van der Waals surface area contributed by atoms with Crippen LogP contribution in [0.3, 0.4) is 0 Å². The monoisotopic (exact) mass is 287 g/mol. The standard InChI is InChI=1S/C11H14BrNO3/c1-8(10(14)15-2)6-13-4-3-9(12)5-11(13)7-16-11/h3-5,8H,6-7H2,1-2H3. The second-order valence-corrected chi connectivity index (χ2v) is 4.97. The maximum Gasteiger partial charge on any atom is 0.310 e. The average Bonchev–Trinajstić information content (AvgIpc) is 3.01. The van der Waals surface area contributed by atoms with E-state index in [4.69, 9.17) is 9.47 Å². The van der Waals surface area contributed by atoms with Crippen LogP contribution >= 0.6 is 15.9 Å². The van der Waals surface area contributed by atoms with E-state index in [1.165, 1.54) is 7.11 Å². The van der Waals surface area contributed by atoms with Gasteiger partial charge in [-0.15, -0.1) is 0 Å². The predicted molar refractivity (Wildman–Crippen MR) is 62.7 cm³/mol. The molecule has 1 fully saturated rings. The van der Waals surface area contributed by atoms with Crippen molar-refractivity contribution in [1.82, 2.24) is 4.90 Å². The van der Waals surface area contributed by atoms with E-state index in [2.05, 4.69) is 15.9 Å². The van der Waals surface area contributed by atoms with Crippen LogP contribution < -0.4 is 0 Å². The molecule has 0 amide bonds. The summed E-state index contributed by atoms with van der Waals surface area (Å²) in [4.78, 5) is 13.4. The van der Waals surface area contributed by atoms with Gasteiger partial charge in [-0.1, -0.05) is 22.9 Å². The lowest BCUT2D eigenvalue weighted by Crippen LogP contribution is -2.39. The fourth-order valence-electron chi connectivity index (χ4n) is 1.74. The van der Waals surface area contributed by atoms with Gasteiger partial charge in [-0.05, 0) is 12.2 Å². The van der Waals surface area contributed by atoms with Gasteiger partial charge >= 0.3 is 5.97 Å². The van der Waals surface area contributed by atoms with E-state index in [0.717, 1.165) is 4.48 Å². The third kappa shape index (κ3) is 2.15. The van der Waals surface area contributed by atoms with E-state index in [0.29, 0.717) is 13.2 Å². The van der Waals surface area contributed by atoms with E-state index < -0.39 is 0 Å². The number of methoxy groups -OCH3 is 1. The first-order chi connectivity index (χ1) is 7.57. The number of hydrogen-bond donors (Lipinski definition) is 0. The Morgan fingerprint density at radius 2 is 2.50 bits per heavy atom. The van der Waals surface area contributed by atoms with Crippen LogP contribution in [0.1, 0.15) is 6.92 Å². The molecule has 0 radical (unpaired) electrons. The zero-order valence-electron chi connectivity index (χ0n) is 9.27. The lowest BCUT2D eigenvalue weighted by atomic mass is 10.1. The Kier molecular flexibility index (Phi) is 3.08. The summed E-state index contributed by atoms with van der Waals surface area (Å²) in [5.74, 6) is -0.362. The largest absolute Gasteiger partial charge is 0.469 e. The Hall–Kier alpha value is -0.810. The van der Waals surface area contributed by atoms with E-state index in [9.17, 15) is 4.79 Å². The van der Waals surface area contributed by atoms with Gasteiger partial charge in [0.1, 0.15) is 6.61 Å². The Bertz CT molecular complexity index is 360. The van der Waals surface area contributed by atoms with Crippen LogP contribution in [0.2, 0.25) is 0 Å². The third-order valence-electron chi connectivity index (χ3n) is 2.78. The molecule has 16 heavy (non-hydrogen) atoms. The first kappa shape index (κ1) is 11.7. The molecule has 88 valence electrons. The zero-order valence-corrected chi connectivity index (χ0v) is 10.9. The first-order valence-corrected chi connectivity index (χ1v) is 5.92. The van der Waals surface area contributed by atoms with Crippen LogP contribution in [0.15, 0.2) is 22.8 Å². The van der Waals surface area contributed by atoms with Crippen molar-refractivity contribution in [3.63, 3.8) is 0 Å². The van der Waals surface area contributed by atoms with Gasteiger partial charge in [-0.2, -0.15) is 0 Å². The zero-order chi connectivity index (χ0) is 11.8. The molecule has 2 heterocycles. The molecule has 4 nitrogen and oxygen atoms in total. The Labute approximate surface area is 103 Å². The lowest BCUT2D eigenvalue weighted by molar-refractivity contribution is -0.145. The van der Waals surface area contributed by atoms with Gasteiger partial charge in [0, 0.05) is 17.2 Å². The highest BCUT2D eigenvalue weighted by atomic mass is 79.9. The molecule has 1 saturated heterocycles. The number of halogens is 1. The Morgan fingerprint density at radius 3 is 3.06 bits per heavy atom. The lowest BCUT2D eigenvalue weighted by Gasteiger charge is -2.30. The van der Waals surface area contributed by atoms with Crippen LogP contribution in [0.25, 0.3) is 0 Å². The molecule has 0 aromatic heterocycles. The highest BCUT2D eigenvalue weighted by molar-refractivity contribution is 9.11. The predicted octanol–water partition coefficient (Wildman–Crippen LogP) is 1.63. The first-order valence-electron chi connectivity index (χ1n) is 5.12. The van der Waals surface area contributed by atoms with Gasteiger partial charge in [0.05, 0.1) is 13.0 Å². The number of carbonyl (C=O) groups excluding carboxylic acids is 1. The van der Waals surface area contributed by atoms with E-state index in [-0.39, 0.29) is 17.6 Å². The highest BCUT2D eigenvalue weighted by Gasteiger charge is 2.49. The molecule has 2 atom stereocenters. The minimum absolute atomic E-state index is 0.166. The van der Waals surface area contributed by atoms with Crippen molar-refractivity contribution in [3.05, 3.63) is 22.8 Å². The summed E-state index contributed by atoms with van der Waals surface area (Å²) in [5, 5.41) is 0. The van der Waals surface area contributed by atoms with Crippen molar-refractivity contribution in [1.29, 1.82) is 0 Å². The van der Waals surface area contributed by atoms with Crippen molar-refractivity contribution < 1.29 is 14.3 Å². The maximum absolute atomic E-state index is 11.3. The van der Waals surface area contributed by atoms with E-state index in [1.54, 1.807) is 0 Å². The molecule has 2 aliphatic rings. The van der Waals surface area contributed by atoms with Gasteiger partial charge in [0.25, 0.3) is 0 Å². The summed E-state index contributed by atoms with van der Waals surface area (Å²) in [6.45, 7) is 3.11. The molecule has 2 unspecified atom stereocenters. The van der Waals surface area contributed by atoms with Crippen molar-refractivity contribution in [2.45, 2.75) is 12.6 Å². The maximum atomic E-state index is 11.3. The Balaban J connectivity index is 2.01. The summed E-state index contributed by atoms with van der Waals surface area (Å²) in [6.07, 6.45) is 5.89. The molecule has 0 aromatic rings. The minimum atomic E-state index is -0.337.